The number of rotatable bonds is 4. The van der Waals surface area contributed by atoms with Gasteiger partial charge in [0, 0.05) is 18.2 Å². The maximum Gasteiger partial charge on any atom is 0.262 e. The van der Waals surface area contributed by atoms with E-state index in [1.165, 1.54) is 12.1 Å². The second-order valence-electron chi connectivity index (χ2n) is 7.05. The molecule has 6 heteroatoms. The molecule has 0 spiro atoms. The summed E-state index contributed by atoms with van der Waals surface area (Å²) < 4.78 is 18.9. The first-order valence-corrected chi connectivity index (χ1v) is 9.22. The fraction of sp³-hybridized carbons (Fsp3) is 0.333. The lowest BCUT2D eigenvalue weighted by Crippen LogP contribution is -2.38. The van der Waals surface area contributed by atoms with Gasteiger partial charge in [0.15, 0.2) is 6.61 Å². The second-order valence-corrected chi connectivity index (χ2v) is 7.05. The zero-order chi connectivity index (χ0) is 18.8. The van der Waals surface area contributed by atoms with Crippen molar-refractivity contribution in [3.05, 3.63) is 59.4 Å². The summed E-state index contributed by atoms with van der Waals surface area (Å²) in [5.41, 5.74) is 1.77. The average Bonchev–Trinajstić information content (AvgIpc) is 3.19. The maximum absolute atomic E-state index is 13.6. The number of benzene rings is 2. The lowest BCUT2D eigenvalue weighted by molar-refractivity contribution is -0.118. The topological polar surface area (TPSA) is 58.6 Å². The van der Waals surface area contributed by atoms with E-state index in [0.29, 0.717) is 23.5 Å². The summed E-state index contributed by atoms with van der Waals surface area (Å²) in [6.07, 6.45) is 4.08. The van der Waals surface area contributed by atoms with Gasteiger partial charge >= 0.3 is 0 Å². The molecular formula is C21H21FN2O3. The molecule has 5 nitrogen and oxygen atoms in total. The minimum absolute atomic E-state index is 0.0198. The standard InChI is InChI=1S/C21H21FN2O3/c22-16-5-3-4-14(10-16)12-24(17-6-1-2-7-17)21(26)15-8-9-19-18(11-15)23-20(25)13-27-19/h3-5,8-11,17H,1-2,6-7,12-13H2,(H,23,25). The highest BCUT2D eigenvalue weighted by Crippen LogP contribution is 2.31. The fourth-order valence-corrected chi connectivity index (χ4v) is 3.80. The zero-order valence-corrected chi connectivity index (χ0v) is 14.9. The predicted molar refractivity (Wildman–Crippen MR) is 99.1 cm³/mol. The molecule has 0 bridgehead atoms. The van der Waals surface area contributed by atoms with Crippen LogP contribution in [0.3, 0.4) is 0 Å². The monoisotopic (exact) mass is 368 g/mol. The van der Waals surface area contributed by atoms with Gasteiger partial charge in [0.05, 0.1) is 5.69 Å². The molecule has 0 radical (unpaired) electrons. The first-order chi connectivity index (χ1) is 13.1. The highest BCUT2D eigenvalue weighted by molar-refractivity contribution is 6.00. The number of amides is 2. The van der Waals surface area contributed by atoms with E-state index in [2.05, 4.69) is 5.32 Å². The van der Waals surface area contributed by atoms with E-state index in [1.54, 1.807) is 24.3 Å². The van der Waals surface area contributed by atoms with Gasteiger partial charge in [-0.1, -0.05) is 25.0 Å². The Bertz CT molecular complexity index is 877. The van der Waals surface area contributed by atoms with Gasteiger partial charge < -0.3 is 15.0 Å². The molecule has 1 heterocycles. The molecular weight excluding hydrogens is 347 g/mol. The first kappa shape index (κ1) is 17.5. The third kappa shape index (κ3) is 3.79. The van der Waals surface area contributed by atoms with E-state index in [0.717, 1.165) is 31.2 Å². The molecule has 140 valence electrons. The maximum atomic E-state index is 13.6. The van der Waals surface area contributed by atoms with Crippen LogP contribution in [0.4, 0.5) is 10.1 Å². The van der Waals surface area contributed by atoms with Crippen LogP contribution in [0.5, 0.6) is 5.75 Å². The van der Waals surface area contributed by atoms with Crippen LogP contribution in [-0.2, 0) is 11.3 Å². The Morgan fingerprint density at radius 3 is 2.78 bits per heavy atom. The highest BCUT2D eigenvalue weighted by atomic mass is 19.1. The van der Waals surface area contributed by atoms with E-state index in [9.17, 15) is 14.0 Å². The SMILES string of the molecule is O=C1COc2ccc(C(=O)N(Cc3cccc(F)c3)C3CCCC3)cc2N1. The van der Waals surface area contributed by atoms with E-state index in [-0.39, 0.29) is 30.3 Å². The minimum atomic E-state index is -0.306. The van der Waals surface area contributed by atoms with Crippen LogP contribution in [0.1, 0.15) is 41.6 Å². The van der Waals surface area contributed by atoms with Crippen molar-refractivity contribution in [2.75, 3.05) is 11.9 Å². The normalized spacial score (nSPS) is 16.4. The highest BCUT2D eigenvalue weighted by Gasteiger charge is 2.28. The van der Waals surface area contributed by atoms with Crippen molar-refractivity contribution < 1.29 is 18.7 Å². The summed E-state index contributed by atoms with van der Waals surface area (Å²) in [7, 11) is 0. The molecule has 2 amide bonds. The number of hydrogen-bond acceptors (Lipinski definition) is 3. The van der Waals surface area contributed by atoms with Gasteiger partial charge in [-0.05, 0) is 48.7 Å². The van der Waals surface area contributed by atoms with Crippen molar-refractivity contribution >= 4 is 17.5 Å². The summed E-state index contributed by atoms with van der Waals surface area (Å²) in [4.78, 5) is 26.7. The summed E-state index contributed by atoms with van der Waals surface area (Å²) in [6.45, 7) is 0.343. The number of ether oxygens (including phenoxy) is 1. The molecule has 4 rings (SSSR count). The molecule has 2 aromatic carbocycles. The molecule has 0 aromatic heterocycles. The molecule has 1 N–H and O–H groups in total. The zero-order valence-electron chi connectivity index (χ0n) is 14.9. The molecule has 1 aliphatic heterocycles. The Morgan fingerprint density at radius 1 is 1.19 bits per heavy atom. The van der Waals surface area contributed by atoms with Gasteiger partial charge in [-0.3, -0.25) is 9.59 Å². The molecule has 27 heavy (non-hydrogen) atoms. The summed E-state index contributed by atoms with van der Waals surface area (Å²) in [5.74, 6) is -0.100. The molecule has 1 fully saturated rings. The summed E-state index contributed by atoms with van der Waals surface area (Å²) in [6, 6.07) is 11.6. The third-order valence-electron chi connectivity index (χ3n) is 5.13. The summed E-state index contributed by atoms with van der Waals surface area (Å²) in [5, 5.41) is 2.74. The van der Waals surface area contributed by atoms with Crippen molar-refractivity contribution in [2.45, 2.75) is 38.3 Å². The average molecular weight is 368 g/mol. The number of nitrogens with one attached hydrogen (secondary N) is 1. The molecule has 0 unspecified atom stereocenters. The third-order valence-corrected chi connectivity index (χ3v) is 5.13. The van der Waals surface area contributed by atoms with Crippen molar-refractivity contribution in [3.63, 3.8) is 0 Å². The second kappa shape index (κ2) is 7.39. The van der Waals surface area contributed by atoms with Gasteiger partial charge in [0.25, 0.3) is 11.8 Å². The number of halogens is 1. The van der Waals surface area contributed by atoms with Crippen LogP contribution >= 0.6 is 0 Å². The van der Waals surface area contributed by atoms with Crippen molar-refractivity contribution in [2.24, 2.45) is 0 Å². The quantitative estimate of drug-likeness (QED) is 0.894. The number of anilines is 1. The Hall–Kier alpha value is -2.89. The van der Waals surface area contributed by atoms with Gasteiger partial charge in [-0.2, -0.15) is 0 Å². The van der Waals surface area contributed by atoms with Crippen molar-refractivity contribution in [1.29, 1.82) is 0 Å². The van der Waals surface area contributed by atoms with Crippen LogP contribution in [-0.4, -0.2) is 29.4 Å². The number of nitrogens with zero attached hydrogens (tertiary/aromatic N) is 1. The van der Waals surface area contributed by atoms with Crippen LogP contribution in [0.2, 0.25) is 0 Å². The van der Waals surface area contributed by atoms with E-state index in [1.807, 2.05) is 11.0 Å². The van der Waals surface area contributed by atoms with Gasteiger partial charge in [-0.25, -0.2) is 4.39 Å². The predicted octanol–water partition coefficient (Wildman–Crippen LogP) is 3.74. The first-order valence-electron chi connectivity index (χ1n) is 9.22. The lowest BCUT2D eigenvalue weighted by atomic mass is 10.1. The van der Waals surface area contributed by atoms with Crippen LogP contribution in [0.25, 0.3) is 0 Å². The smallest absolute Gasteiger partial charge is 0.262 e. The van der Waals surface area contributed by atoms with Crippen LogP contribution in [0, 0.1) is 5.82 Å². The van der Waals surface area contributed by atoms with Crippen LogP contribution < -0.4 is 10.1 Å². The Morgan fingerprint density at radius 2 is 2.00 bits per heavy atom. The molecule has 2 aromatic rings. The number of hydrogen-bond donors (Lipinski definition) is 1. The van der Waals surface area contributed by atoms with Crippen LogP contribution in [0.15, 0.2) is 42.5 Å². The largest absolute Gasteiger partial charge is 0.482 e. The minimum Gasteiger partial charge on any atom is -0.482 e. The number of carbonyl (C=O) groups is 2. The summed E-state index contributed by atoms with van der Waals surface area (Å²) >= 11 is 0. The molecule has 1 aliphatic carbocycles. The van der Waals surface area contributed by atoms with Gasteiger partial charge in [0.1, 0.15) is 11.6 Å². The van der Waals surface area contributed by atoms with Gasteiger partial charge in [0.2, 0.25) is 0 Å². The van der Waals surface area contributed by atoms with Gasteiger partial charge in [-0.15, -0.1) is 0 Å². The molecule has 2 aliphatic rings. The van der Waals surface area contributed by atoms with E-state index in [4.69, 9.17) is 4.74 Å². The number of carbonyl (C=O) groups excluding carboxylic acids is 2. The lowest BCUT2D eigenvalue weighted by Gasteiger charge is -2.30. The fourth-order valence-electron chi connectivity index (χ4n) is 3.80. The van der Waals surface area contributed by atoms with E-state index < -0.39 is 0 Å². The number of fused-ring (bicyclic) bond motifs is 1. The Labute approximate surface area is 157 Å². The Balaban J connectivity index is 1.62. The molecule has 0 atom stereocenters. The molecule has 0 saturated heterocycles. The van der Waals surface area contributed by atoms with Crippen molar-refractivity contribution in [1.82, 2.24) is 4.90 Å². The molecule has 1 saturated carbocycles. The Kier molecular flexibility index (Phi) is 4.79. The van der Waals surface area contributed by atoms with E-state index >= 15 is 0 Å². The van der Waals surface area contributed by atoms with Crippen molar-refractivity contribution in [3.8, 4) is 5.75 Å².